The van der Waals surface area contributed by atoms with E-state index in [1.54, 1.807) is 6.20 Å². The fraction of sp³-hybridized carbons (Fsp3) is 0.389. The molecule has 5 heteroatoms. The molecule has 0 bridgehead atoms. The number of nitrogens with one attached hydrogen (secondary N) is 1. The average molecular weight is 309 g/mol. The second-order valence-electron chi connectivity index (χ2n) is 7.19. The van der Waals surface area contributed by atoms with Gasteiger partial charge in [-0.05, 0) is 30.4 Å². The smallest absolute Gasteiger partial charge is 0.233 e. The molecule has 2 aromatic rings. The summed E-state index contributed by atoms with van der Waals surface area (Å²) in [6.07, 6.45) is 4.95. The van der Waals surface area contributed by atoms with E-state index in [1.165, 1.54) is 0 Å². The van der Waals surface area contributed by atoms with E-state index in [0.29, 0.717) is 12.3 Å². The number of anilines is 1. The molecule has 0 unspecified atom stereocenters. The van der Waals surface area contributed by atoms with Crippen LogP contribution in [-0.2, 0) is 4.79 Å². The van der Waals surface area contributed by atoms with Crippen molar-refractivity contribution in [2.45, 2.75) is 39.5 Å². The van der Waals surface area contributed by atoms with Gasteiger partial charge < -0.3 is 9.84 Å². The number of hydrogen-bond donors (Lipinski definition) is 1. The third kappa shape index (κ3) is 2.19. The second-order valence-corrected chi connectivity index (χ2v) is 7.19. The summed E-state index contributed by atoms with van der Waals surface area (Å²) in [5.74, 6) is 0.703. The van der Waals surface area contributed by atoms with Gasteiger partial charge in [-0.2, -0.15) is 0 Å². The summed E-state index contributed by atoms with van der Waals surface area (Å²) in [5.41, 5.74) is 4.52. The average Bonchev–Trinajstić information content (AvgIpc) is 2.86. The molecule has 0 spiro atoms. The van der Waals surface area contributed by atoms with Crippen molar-refractivity contribution in [1.82, 2.24) is 10.1 Å². The maximum atomic E-state index is 12.9. The van der Waals surface area contributed by atoms with Crippen LogP contribution >= 0.6 is 0 Å². The van der Waals surface area contributed by atoms with Crippen molar-refractivity contribution < 1.29 is 9.32 Å². The van der Waals surface area contributed by atoms with Crippen LogP contribution < -0.4 is 5.32 Å². The number of pyridine rings is 1. The molecule has 0 radical (unpaired) electrons. The van der Waals surface area contributed by atoms with E-state index < -0.39 is 0 Å². The molecule has 0 aromatic carbocycles. The predicted molar refractivity (Wildman–Crippen MR) is 86.0 cm³/mol. The Hall–Kier alpha value is -2.43. The Morgan fingerprint density at radius 1 is 1.35 bits per heavy atom. The van der Waals surface area contributed by atoms with Gasteiger partial charge in [0.2, 0.25) is 5.88 Å². The Labute approximate surface area is 134 Å². The molecule has 118 valence electrons. The van der Waals surface area contributed by atoms with Gasteiger partial charge in [0, 0.05) is 36.0 Å². The normalized spacial score (nSPS) is 22.4. The lowest BCUT2D eigenvalue weighted by Crippen LogP contribution is -2.33. The highest BCUT2D eigenvalue weighted by molar-refractivity contribution is 6.01. The zero-order chi connectivity index (χ0) is 16.2. The van der Waals surface area contributed by atoms with Crippen molar-refractivity contribution in [1.29, 1.82) is 0 Å². The summed E-state index contributed by atoms with van der Waals surface area (Å²) in [6.45, 7) is 6.16. The first-order chi connectivity index (χ1) is 11.0. The minimum atomic E-state index is -0.148. The van der Waals surface area contributed by atoms with Gasteiger partial charge in [-0.1, -0.05) is 25.1 Å². The number of ketones is 1. The van der Waals surface area contributed by atoms with E-state index in [2.05, 4.69) is 29.3 Å². The standard InChI is InChI=1S/C18H19N3O2/c1-10-14-15(11-5-4-6-19-9-11)16-12(20-17(14)23-21-10)7-18(2,3)8-13(16)22/h4-6,9,15,20H,7-8H2,1-3H3/t15-/m0/s1. The number of allylic oxidation sites excluding steroid dienone is 2. The largest absolute Gasteiger partial charge is 0.338 e. The minimum absolute atomic E-state index is 0.0467. The third-order valence-electron chi connectivity index (χ3n) is 4.69. The quantitative estimate of drug-likeness (QED) is 0.872. The van der Waals surface area contributed by atoms with Crippen LogP contribution in [0.2, 0.25) is 0 Å². The number of nitrogens with zero attached hydrogens (tertiary/aromatic N) is 2. The van der Waals surface area contributed by atoms with Crippen LogP contribution in [0, 0.1) is 12.3 Å². The molecule has 2 aliphatic rings. The fourth-order valence-electron chi connectivity index (χ4n) is 3.75. The van der Waals surface area contributed by atoms with Crippen LogP contribution in [0.4, 0.5) is 5.88 Å². The molecule has 1 aliphatic carbocycles. The van der Waals surface area contributed by atoms with Crippen LogP contribution in [0.1, 0.15) is 49.4 Å². The lowest BCUT2D eigenvalue weighted by Gasteiger charge is -2.37. The van der Waals surface area contributed by atoms with Crippen LogP contribution in [0.15, 0.2) is 40.3 Å². The Kier molecular flexibility index (Phi) is 2.95. The van der Waals surface area contributed by atoms with Crippen LogP contribution in [0.5, 0.6) is 0 Å². The number of fused-ring (bicyclic) bond motifs is 1. The van der Waals surface area contributed by atoms with Crippen molar-refractivity contribution >= 4 is 11.7 Å². The minimum Gasteiger partial charge on any atom is -0.338 e. The highest BCUT2D eigenvalue weighted by atomic mass is 16.5. The molecular weight excluding hydrogens is 290 g/mol. The summed E-state index contributed by atoms with van der Waals surface area (Å²) in [7, 11) is 0. The van der Waals surface area contributed by atoms with Crippen molar-refractivity contribution in [3.05, 3.63) is 52.6 Å². The summed E-state index contributed by atoms with van der Waals surface area (Å²) in [4.78, 5) is 17.1. The van der Waals surface area contributed by atoms with Gasteiger partial charge >= 0.3 is 0 Å². The van der Waals surface area contributed by atoms with Crippen molar-refractivity contribution in [2.24, 2.45) is 5.41 Å². The number of carbonyl (C=O) groups is 1. The lowest BCUT2D eigenvalue weighted by molar-refractivity contribution is -0.118. The SMILES string of the molecule is Cc1noc2c1[C@H](c1cccnc1)C1=C(CC(C)(C)CC1=O)N2. The Morgan fingerprint density at radius 3 is 2.91 bits per heavy atom. The van der Waals surface area contributed by atoms with Gasteiger partial charge in [0.15, 0.2) is 5.78 Å². The van der Waals surface area contributed by atoms with Crippen molar-refractivity contribution in [3.63, 3.8) is 0 Å². The highest BCUT2D eigenvalue weighted by Crippen LogP contribution is 2.49. The van der Waals surface area contributed by atoms with Crippen LogP contribution in [0.3, 0.4) is 0 Å². The zero-order valence-corrected chi connectivity index (χ0v) is 13.5. The Morgan fingerprint density at radius 2 is 2.17 bits per heavy atom. The zero-order valence-electron chi connectivity index (χ0n) is 13.5. The van der Waals surface area contributed by atoms with Gasteiger partial charge in [0.25, 0.3) is 0 Å². The van der Waals surface area contributed by atoms with E-state index >= 15 is 0 Å². The molecule has 2 aromatic heterocycles. The molecule has 5 nitrogen and oxygen atoms in total. The lowest BCUT2D eigenvalue weighted by atomic mass is 9.69. The first-order valence-corrected chi connectivity index (χ1v) is 7.86. The molecular formula is C18H19N3O2. The topological polar surface area (TPSA) is 68.0 Å². The molecule has 0 saturated carbocycles. The number of rotatable bonds is 1. The molecule has 4 rings (SSSR count). The van der Waals surface area contributed by atoms with Crippen molar-refractivity contribution in [2.75, 3.05) is 5.32 Å². The van der Waals surface area contributed by atoms with Crippen LogP contribution in [-0.4, -0.2) is 15.9 Å². The fourth-order valence-corrected chi connectivity index (χ4v) is 3.75. The Bertz CT molecular complexity index is 818. The molecule has 0 amide bonds. The predicted octanol–water partition coefficient (Wildman–Crippen LogP) is 3.58. The van der Waals surface area contributed by atoms with Crippen LogP contribution in [0.25, 0.3) is 0 Å². The molecule has 1 atom stereocenters. The highest BCUT2D eigenvalue weighted by Gasteiger charge is 2.42. The number of carbonyl (C=O) groups excluding carboxylic acids is 1. The first kappa shape index (κ1) is 14.2. The number of aromatic nitrogens is 2. The molecule has 0 fully saturated rings. The summed E-state index contributed by atoms with van der Waals surface area (Å²) < 4.78 is 5.46. The molecule has 1 N–H and O–H groups in total. The maximum absolute atomic E-state index is 12.9. The summed E-state index contributed by atoms with van der Waals surface area (Å²) in [5, 5.41) is 7.41. The Balaban J connectivity index is 1.94. The summed E-state index contributed by atoms with van der Waals surface area (Å²) in [6, 6.07) is 3.91. The third-order valence-corrected chi connectivity index (χ3v) is 4.69. The molecule has 23 heavy (non-hydrogen) atoms. The van der Waals surface area contributed by atoms with E-state index in [0.717, 1.165) is 34.5 Å². The van der Waals surface area contributed by atoms with Gasteiger partial charge in [-0.15, -0.1) is 0 Å². The van der Waals surface area contributed by atoms with Gasteiger partial charge in [0.1, 0.15) is 0 Å². The molecule has 3 heterocycles. The number of Topliss-reactive ketones (excluding diaryl/α,β-unsaturated/α-hetero) is 1. The maximum Gasteiger partial charge on any atom is 0.233 e. The molecule has 1 aliphatic heterocycles. The number of hydrogen-bond acceptors (Lipinski definition) is 5. The number of aryl methyl sites for hydroxylation is 1. The van der Waals surface area contributed by atoms with Gasteiger partial charge in [-0.25, -0.2) is 0 Å². The van der Waals surface area contributed by atoms with Gasteiger partial charge in [0.05, 0.1) is 11.3 Å². The summed E-state index contributed by atoms with van der Waals surface area (Å²) >= 11 is 0. The molecule has 0 saturated heterocycles. The monoisotopic (exact) mass is 309 g/mol. The second kappa shape index (κ2) is 4.78. The van der Waals surface area contributed by atoms with Gasteiger partial charge in [-0.3, -0.25) is 9.78 Å². The van der Waals surface area contributed by atoms with Crippen molar-refractivity contribution in [3.8, 4) is 0 Å². The first-order valence-electron chi connectivity index (χ1n) is 7.86. The van der Waals surface area contributed by atoms with E-state index in [-0.39, 0.29) is 17.1 Å². The van der Waals surface area contributed by atoms with E-state index in [1.807, 2.05) is 25.3 Å². The van der Waals surface area contributed by atoms with E-state index in [9.17, 15) is 4.79 Å². The van der Waals surface area contributed by atoms with E-state index in [4.69, 9.17) is 4.52 Å².